The molecule has 0 fully saturated rings. The summed E-state index contributed by atoms with van der Waals surface area (Å²) < 4.78 is 1.83. The molecule has 0 aliphatic heterocycles. The average molecular weight is 353 g/mol. The van der Waals surface area contributed by atoms with Crippen molar-refractivity contribution in [2.45, 2.75) is 38.3 Å². The zero-order chi connectivity index (χ0) is 16.7. The van der Waals surface area contributed by atoms with Crippen LogP contribution >= 0.6 is 23.4 Å². The standard InChI is InChI=1S/C16H21ClN4OS/c1-3-4-5-8-18-15(22)10-23-16-20-19-11-21(16)13-7-6-12(2)14(17)9-13/h6-7,9,11H,3-5,8,10H2,1-2H3,(H,18,22). The van der Waals surface area contributed by atoms with Gasteiger partial charge in [0, 0.05) is 11.6 Å². The van der Waals surface area contributed by atoms with Gasteiger partial charge in [-0.1, -0.05) is 49.2 Å². The first-order valence-corrected chi connectivity index (χ1v) is 9.04. The van der Waals surface area contributed by atoms with E-state index in [1.165, 1.54) is 11.8 Å². The molecule has 0 aliphatic carbocycles. The Morgan fingerprint density at radius 2 is 2.22 bits per heavy atom. The van der Waals surface area contributed by atoms with Gasteiger partial charge >= 0.3 is 0 Å². The molecule has 2 aromatic rings. The third kappa shape index (κ3) is 5.25. The van der Waals surface area contributed by atoms with Crippen molar-refractivity contribution < 1.29 is 4.79 Å². The second kappa shape index (κ2) is 8.93. The molecule has 0 saturated heterocycles. The van der Waals surface area contributed by atoms with Crippen molar-refractivity contribution in [1.29, 1.82) is 0 Å². The zero-order valence-corrected chi connectivity index (χ0v) is 15.0. The van der Waals surface area contributed by atoms with Gasteiger partial charge in [0.1, 0.15) is 6.33 Å². The lowest BCUT2D eigenvalue weighted by atomic mass is 10.2. The Hall–Kier alpha value is -1.53. The zero-order valence-electron chi connectivity index (χ0n) is 13.4. The van der Waals surface area contributed by atoms with E-state index in [0.29, 0.717) is 15.9 Å². The predicted octanol–water partition coefficient (Wildman–Crippen LogP) is 3.63. The molecule has 0 unspecified atom stereocenters. The van der Waals surface area contributed by atoms with Crippen LogP contribution in [0.4, 0.5) is 0 Å². The van der Waals surface area contributed by atoms with Crippen LogP contribution in [0.2, 0.25) is 5.02 Å². The molecule has 0 atom stereocenters. The van der Waals surface area contributed by atoms with Crippen molar-refractivity contribution in [2.75, 3.05) is 12.3 Å². The van der Waals surface area contributed by atoms with Crippen LogP contribution in [0.3, 0.4) is 0 Å². The molecule has 1 heterocycles. The van der Waals surface area contributed by atoms with Crippen LogP contribution in [-0.2, 0) is 4.79 Å². The number of halogens is 1. The van der Waals surface area contributed by atoms with Gasteiger partial charge in [-0.3, -0.25) is 9.36 Å². The van der Waals surface area contributed by atoms with E-state index in [4.69, 9.17) is 11.6 Å². The molecule has 5 nitrogen and oxygen atoms in total. The summed E-state index contributed by atoms with van der Waals surface area (Å²) in [5.74, 6) is 0.340. The molecule has 2 rings (SSSR count). The highest BCUT2D eigenvalue weighted by Crippen LogP contribution is 2.23. The van der Waals surface area contributed by atoms with E-state index in [0.717, 1.165) is 37.1 Å². The number of nitrogens with one attached hydrogen (secondary N) is 1. The maximum absolute atomic E-state index is 11.8. The second-order valence-electron chi connectivity index (χ2n) is 5.26. The number of amides is 1. The fraction of sp³-hybridized carbons (Fsp3) is 0.438. The van der Waals surface area contributed by atoms with E-state index in [-0.39, 0.29) is 5.91 Å². The molecule has 0 spiro atoms. The summed E-state index contributed by atoms with van der Waals surface area (Å²) in [7, 11) is 0. The molecular weight excluding hydrogens is 332 g/mol. The van der Waals surface area contributed by atoms with E-state index in [1.807, 2.05) is 29.7 Å². The highest BCUT2D eigenvalue weighted by atomic mass is 35.5. The van der Waals surface area contributed by atoms with Crippen molar-refractivity contribution in [3.8, 4) is 5.69 Å². The van der Waals surface area contributed by atoms with Gasteiger partial charge in [0.15, 0.2) is 5.16 Å². The molecule has 1 N–H and O–H groups in total. The van der Waals surface area contributed by atoms with E-state index in [9.17, 15) is 4.79 Å². The van der Waals surface area contributed by atoms with E-state index in [1.54, 1.807) is 6.33 Å². The quantitative estimate of drug-likeness (QED) is 0.582. The molecule has 1 amide bonds. The minimum atomic E-state index is 0.0163. The molecule has 1 aromatic heterocycles. The minimum Gasteiger partial charge on any atom is -0.355 e. The molecule has 0 aliphatic rings. The van der Waals surface area contributed by atoms with Gasteiger partial charge in [-0.2, -0.15) is 0 Å². The number of benzene rings is 1. The van der Waals surface area contributed by atoms with Crippen LogP contribution in [0.5, 0.6) is 0 Å². The molecule has 0 saturated carbocycles. The molecule has 7 heteroatoms. The Morgan fingerprint density at radius 1 is 1.39 bits per heavy atom. The molecule has 23 heavy (non-hydrogen) atoms. The number of nitrogens with zero attached hydrogens (tertiary/aromatic N) is 3. The molecular formula is C16H21ClN4OS. The number of hydrogen-bond donors (Lipinski definition) is 1. The van der Waals surface area contributed by atoms with Gasteiger partial charge in [-0.25, -0.2) is 0 Å². The summed E-state index contributed by atoms with van der Waals surface area (Å²) in [6.07, 6.45) is 4.93. The number of thioether (sulfide) groups is 1. The van der Waals surface area contributed by atoms with Gasteiger partial charge in [0.2, 0.25) is 5.91 Å². The summed E-state index contributed by atoms with van der Waals surface area (Å²) in [4.78, 5) is 11.8. The monoisotopic (exact) mass is 352 g/mol. The number of aromatic nitrogens is 3. The Balaban J connectivity index is 1.93. The van der Waals surface area contributed by atoms with Crippen molar-refractivity contribution in [3.63, 3.8) is 0 Å². The summed E-state index contributed by atoms with van der Waals surface area (Å²) in [5, 5.41) is 12.3. The van der Waals surface area contributed by atoms with E-state index >= 15 is 0 Å². The topological polar surface area (TPSA) is 59.8 Å². The molecule has 124 valence electrons. The number of hydrogen-bond acceptors (Lipinski definition) is 4. The average Bonchev–Trinajstić information content (AvgIpc) is 3.01. The molecule has 1 aromatic carbocycles. The number of aryl methyl sites for hydroxylation is 1. The SMILES string of the molecule is CCCCCNC(=O)CSc1nncn1-c1ccc(C)c(Cl)c1. The van der Waals surface area contributed by atoms with Gasteiger partial charge in [-0.15, -0.1) is 10.2 Å². The lowest BCUT2D eigenvalue weighted by Gasteiger charge is -2.08. The minimum absolute atomic E-state index is 0.0163. The van der Waals surface area contributed by atoms with Gasteiger partial charge in [0.05, 0.1) is 11.4 Å². The van der Waals surface area contributed by atoms with Crippen LogP contribution < -0.4 is 5.32 Å². The largest absolute Gasteiger partial charge is 0.355 e. The molecule has 0 radical (unpaired) electrons. The van der Waals surface area contributed by atoms with Crippen LogP contribution in [0.1, 0.15) is 31.7 Å². The van der Waals surface area contributed by atoms with Crippen LogP contribution in [-0.4, -0.2) is 33.0 Å². The third-order valence-corrected chi connectivity index (χ3v) is 4.74. The summed E-state index contributed by atoms with van der Waals surface area (Å²) >= 11 is 7.53. The maximum atomic E-state index is 11.8. The number of carbonyl (C=O) groups is 1. The van der Waals surface area contributed by atoms with Crippen molar-refractivity contribution >= 4 is 29.3 Å². The van der Waals surface area contributed by atoms with E-state index < -0.39 is 0 Å². The first-order chi connectivity index (χ1) is 11.1. The number of unbranched alkanes of at least 4 members (excludes halogenated alkanes) is 2. The van der Waals surface area contributed by atoms with E-state index in [2.05, 4.69) is 22.4 Å². The fourth-order valence-electron chi connectivity index (χ4n) is 2.02. The van der Waals surface area contributed by atoms with Crippen LogP contribution in [0.25, 0.3) is 5.69 Å². The first kappa shape index (κ1) is 17.8. The summed E-state index contributed by atoms with van der Waals surface area (Å²) in [6.45, 7) is 4.83. The Bertz CT molecular complexity index is 659. The van der Waals surface area contributed by atoms with Crippen molar-refractivity contribution in [3.05, 3.63) is 35.1 Å². The van der Waals surface area contributed by atoms with Gasteiger partial charge < -0.3 is 5.32 Å². The van der Waals surface area contributed by atoms with Crippen LogP contribution in [0, 0.1) is 6.92 Å². The number of carbonyl (C=O) groups excluding carboxylic acids is 1. The lowest BCUT2D eigenvalue weighted by molar-refractivity contribution is -0.118. The van der Waals surface area contributed by atoms with Gasteiger partial charge in [0.25, 0.3) is 0 Å². The first-order valence-electron chi connectivity index (χ1n) is 7.68. The third-order valence-electron chi connectivity index (χ3n) is 3.38. The van der Waals surface area contributed by atoms with Gasteiger partial charge in [-0.05, 0) is 31.0 Å². The normalized spacial score (nSPS) is 10.7. The fourth-order valence-corrected chi connectivity index (χ4v) is 2.95. The number of rotatable bonds is 8. The summed E-state index contributed by atoms with van der Waals surface area (Å²) in [6, 6.07) is 5.78. The predicted molar refractivity (Wildman–Crippen MR) is 94.4 cm³/mol. The van der Waals surface area contributed by atoms with Crippen LogP contribution in [0.15, 0.2) is 29.7 Å². The highest BCUT2D eigenvalue weighted by molar-refractivity contribution is 7.99. The second-order valence-corrected chi connectivity index (χ2v) is 6.61. The summed E-state index contributed by atoms with van der Waals surface area (Å²) in [5.41, 5.74) is 1.90. The smallest absolute Gasteiger partial charge is 0.230 e. The maximum Gasteiger partial charge on any atom is 0.230 e. The Labute approximate surface area is 145 Å². The Morgan fingerprint density at radius 3 is 2.96 bits per heavy atom. The highest BCUT2D eigenvalue weighted by Gasteiger charge is 2.10. The molecule has 0 bridgehead atoms. The lowest BCUT2D eigenvalue weighted by Crippen LogP contribution is -2.26. The van der Waals surface area contributed by atoms with Crippen molar-refractivity contribution in [1.82, 2.24) is 20.1 Å². The Kier molecular flexibility index (Phi) is 6.92. The van der Waals surface area contributed by atoms with Crippen molar-refractivity contribution in [2.24, 2.45) is 0 Å².